The molecule has 1 rings (SSSR count). The van der Waals surface area contributed by atoms with E-state index in [-0.39, 0.29) is 23.0 Å². The first-order chi connectivity index (χ1) is 9.01. The van der Waals surface area contributed by atoms with E-state index < -0.39 is 10.0 Å². The zero-order chi connectivity index (χ0) is 14.3. The fraction of sp³-hybridized carbons (Fsp3) is 0.364. The first-order valence-corrected chi connectivity index (χ1v) is 7.31. The summed E-state index contributed by atoms with van der Waals surface area (Å²) in [5, 5.41) is 2.58. The average Bonchev–Trinajstić information content (AvgIpc) is 2.43. The molecule has 106 valence electrons. The molecule has 1 aromatic rings. The Hall–Kier alpha value is -1.64. The Morgan fingerprint density at radius 2 is 2.00 bits per heavy atom. The van der Waals surface area contributed by atoms with Crippen molar-refractivity contribution in [3.8, 4) is 0 Å². The van der Waals surface area contributed by atoms with Crippen molar-refractivity contribution in [1.29, 1.82) is 0 Å². The molecule has 0 atom stereocenters. The third-order valence-electron chi connectivity index (χ3n) is 2.33. The lowest BCUT2D eigenvalue weighted by Gasteiger charge is -2.10. The maximum atomic E-state index is 12.0. The summed E-state index contributed by atoms with van der Waals surface area (Å²) < 4.78 is 26.2. The fourth-order valence-corrected chi connectivity index (χ4v) is 2.54. The maximum Gasteiger partial charge on any atom is 0.243 e. The standard InChI is InChI=1S/C11H18N4O3S/c1-2-7-13-11(16)8-14-19(17,18)10-6-4-3-5-9(10)15-12/h3-6,14-15H,2,7-8,12H2,1H3,(H,13,16). The minimum atomic E-state index is -3.78. The maximum absolute atomic E-state index is 12.0. The van der Waals surface area contributed by atoms with E-state index in [1.807, 2.05) is 6.92 Å². The van der Waals surface area contributed by atoms with Gasteiger partial charge < -0.3 is 10.7 Å². The average molecular weight is 286 g/mol. The smallest absolute Gasteiger partial charge is 0.243 e. The molecule has 0 spiro atoms. The van der Waals surface area contributed by atoms with Crippen LogP contribution in [0.2, 0.25) is 0 Å². The number of hydrogen-bond donors (Lipinski definition) is 4. The Bertz CT molecular complexity index is 530. The number of carbonyl (C=O) groups excluding carboxylic acids is 1. The van der Waals surface area contributed by atoms with E-state index in [4.69, 9.17) is 5.84 Å². The summed E-state index contributed by atoms with van der Waals surface area (Å²) in [5.74, 6) is 4.88. The molecule has 0 aliphatic carbocycles. The molecule has 1 aromatic carbocycles. The number of rotatable bonds is 7. The van der Waals surface area contributed by atoms with Crippen molar-refractivity contribution in [3.05, 3.63) is 24.3 Å². The van der Waals surface area contributed by atoms with Gasteiger partial charge in [-0.2, -0.15) is 0 Å². The van der Waals surface area contributed by atoms with Gasteiger partial charge in [0.25, 0.3) is 0 Å². The molecular weight excluding hydrogens is 268 g/mol. The number of nitrogen functional groups attached to an aromatic ring is 1. The van der Waals surface area contributed by atoms with Crippen molar-refractivity contribution >= 4 is 21.6 Å². The number of benzene rings is 1. The molecule has 0 bridgehead atoms. The Morgan fingerprint density at radius 3 is 2.63 bits per heavy atom. The second-order valence-electron chi connectivity index (χ2n) is 3.82. The van der Waals surface area contributed by atoms with E-state index in [0.29, 0.717) is 6.54 Å². The number of para-hydroxylation sites is 1. The highest BCUT2D eigenvalue weighted by Crippen LogP contribution is 2.18. The summed E-state index contributed by atoms with van der Waals surface area (Å²) in [7, 11) is -3.78. The predicted molar refractivity (Wildman–Crippen MR) is 72.7 cm³/mol. The summed E-state index contributed by atoms with van der Waals surface area (Å²) >= 11 is 0. The number of carbonyl (C=O) groups is 1. The zero-order valence-electron chi connectivity index (χ0n) is 10.6. The minimum absolute atomic E-state index is 0.000733. The van der Waals surface area contributed by atoms with Gasteiger partial charge in [-0.3, -0.25) is 10.6 Å². The van der Waals surface area contributed by atoms with Crippen LogP contribution < -0.4 is 21.3 Å². The number of nitrogens with two attached hydrogens (primary N) is 1. The third kappa shape index (κ3) is 4.51. The van der Waals surface area contributed by atoms with Crippen LogP contribution in [0.25, 0.3) is 0 Å². The normalized spacial score (nSPS) is 11.1. The van der Waals surface area contributed by atoms with Crippen LogP contribution in [0.1, 0.15) is 13.3 Å². The van der Waals surface area contributed by atoms with E-state index in [0.717, 1.165) is 6.42 Å². The largest absolute Gasteiger partial charge is 0.355 e. The van der Waals surface area contributed by atoms with E-state index in [9.17, 15) is 13.2 Å². The molecule has 1 amide bonds. The molecule has 19 heavy (non-hydrogen) atoms. The van der Waals surface area contributed by atoms with Crippen molar-refractivity contribution in [2.75, 3.05) is 18.5 Å². The molecule has 0 radical (unpaired) electrons. The van der Waals surface area contributed by atoms with E-state index in [2.05, 4.69) is 15.5 Å². The van der Waals surface area contributed by atoms with Crippen molar-refractivity contribution in [2.45, 2.75) is 18.2 Å². The van der Waals surface area contributed by atoms with Gasteiger partial charge in [-0.15, -0.1) is 0 Å². The molecule has 0 aliphatic rings. The lowest BCUT2D eigenvalue weighted by Crippen LogP contribution is -2.37. The summed E-state index contributed by atoms with van der Waals surface area (Å²) in [6.07, 6.45) is 0.790. The van der Waals surface area contributed by atoms with Crippen LogP contribution in [0.3, 0.4) is 0 Å². The van der Waals surface area contributed by atoms with E-state index in [1.54, 1.807) is 12.1 Å². The monoisotopic (exact) mass is 286 g/mol. The van der Waals surface area contributed by atoms with Crippen molar-refractivity contribution in [2.24, 2.45) is 5.84 Å². The predicted octanol–water partition coefficient (Wildman–Crippen LogP) is -0.223. The van der Waals surface area contributed by atoms with E-state index >= 15 is 0 Å². The first kappa shape index (κ1) is 15.4. The van der Waals surface area contributed by atoms with Crippen molar-refractivity contribution < 1.29 is 13.2 Å². The summed E-state index contributed by atoms with van der Waals surface area (Å²) in [5.41, 5.74) is 2.57. The quantitative estimate of drug-likeness (QED) is 0.409. The number of anilines is 1. The number of hydrazine groups is 1. The molecule has 0 saturated carbocycles. The number of amides is 1. The number of hydrogen-bond acceptors (Lipinski definition) is 5. The van der Waals surface area contributed by atoms with Gasteiger partial charge in [0, 0.05) is 6.54 Å². The number of sulfonamides is 1. The van der Waals surface area contributed by atoms with Gasteiger partial charge in [0.05, 0.1) is 12.2 Å². The molecule has 0 unspecified atom stereocenters. The molecule has 7 nitrogen and oxygen atoms in total. The molecule has 0 aliphatic heterocycles. The van der Waals surface area contributed by atoms with Crippen LogP contribution in [-0.2, 0) is 14.8 Å². The molecule has 0 fully saturated rings. The molecule has 5 N–H and O–H groups in total. The third-order valence-corrected chi connectivity index (χ3v) is 3.79. The van der Waals surface area contributed by atoms with Crippen LogP contribution in [0.5, 0.6) is 0 Å². The van der Waals surface area contributed by atoms with E-state index in [1.165, 1.54) is 12.1 Å². The van der Waals surface area contributed by atoms with Gasteiger partial charge >= 0.3 is 0 Å². The van der Waals surface area contributed by atoms with Crippen LogP contribution in [-0.4, -0.2) is 27.4 Å². The molecule has 8 heteroatoms. The Morgan fingerprint density at radius 1 is 1.32 bits per heavy atom. The van der Waals surface area contributed by atoms with Gasteiger partial charge in [0.15, 0.2) is 0 Å². The summed E-state index contributed by atoms with van der Waals surface area (Å²) in [4.78, 5) is 11.4. The second kappa shape index (κ2) is 7.07. The molecule has 0 saturated heterocycles. The molecule has 0 aromatic heterocycles. The molecule has 0 heterocycles. The van der Waals surface area contributed by atoms with Crippen molar-refractivity contribution in [3.63, 3.8) is 0 Å². The fourth-order valence-electron chi connectivity index (χ4n) is 1.39. The highest BCUT2D eigenvalue weighted by Gasteiger charge is 2.18. The second-order valence-corrected chi connectivity index (χ2v) is 5.55. The lowest BCUT2D eigenvalue weighted by atomic mass is 10.3. The summed E-state index contributed by atoms with van der Waals surface area (Å²) in [6.45, 7) is 2.12. The SMILES string of the molecule is CCCNC(=O)CNS(=O)(=O)c1ccccc1NN. The van der Waals surface area contributed by atoms with Crippen LogP contribution in [0.4, 0.5) is 5.69 Å². The van der Waals surface area contributed by atoms with Crippen LogP contribution >= 0.6 is 0 Å². The van der Waals surface area contributed by atoms with Crippen molar-refractivity contribution in [1.82, 2.24) is 10.0 Å². The van der Waals surface area contributed by atoms with Gasteiger partial charge in [-0.1, -0.05) is 19.1 Å². The van der Waals surface area contributed by atoms with Crippen LogP contribution in [0, 0.1) is 0 Å². The first-order valence-electron chi connectivity index (χ1n) is 5.83. The van der Waals surface area contributed by atoms with Crippen LogP contribution in [0.15, 0.2) is 29.2 Å². The van der Waals surface area contributed by atoms with Gasteiger partial charge in [-0.05, 0) is 18.6 Å². The Balaban J connectivity index is 2.73. The topological polar surface area (TPSA) is 113 Å². The minimum Gasteiger partial charge on any atom is -0.355 e. The van der Waals surface area contributed by atoms with Gasteiger partial charge in [0.2, 0.25) is 15.9 Å². The highest BCUT2D eigenvalue weighted by molar-refractivity contribution is 7.89. The van der Waals surface area contributed by atoms with Gasteiger partial charge in [-0.25, -0.2) is 13.1 Å². The number of nitrogens with one attached hydrogen (secondary N) is 3. The zero-order valence-corrected chi connectivity index (χ0v) is 11.5. The molecular formula is C11H18N4O3S. The summed E-state index contributed by atoms with van der Waals surface area (Å²) in [6, 6.07) is 6.17. The lowest BCUT2D eigenvalue weighted by molar-refractivity contribution is -0.119. The highest BCUT2D eigenvalue weighted by atomic mass is 32.2. The Labute approximate surface area is 112 Å². The Kier molecular flexibility index (Phi) is 5.74. The van der Waals surface area contributed by atoms with Gasteiger partial charge in [0.1, 0.15) is 4.90 Å².